The largest absolute Gasteiger partial charge is 0.472 e. The smallest absolute Gasteiger partial charge is 0.0935 e. The molecule has 0 saturated heterocycles. The van der Waals surface area contributed by atoms with Gasteiger partial charge in [-0.2, -0.15) is 0 Å². The molecular formula is C16H21NO. The van der Waals surface area contributed by atoms with Crippen LogP contribution in [0.1, 0.15) is 23.6 Å². The van der Waals surface area contributed by atoms with Gasteiger partial charge in [0.1, 0.15) is 0 Å². The predicted octanol–water partition coefficient (Wildman–Crippen LogP) is 3.35. The lowest BCUT2D eigenvalue weighted by molar-refractivity contribution is 0.513. The molecule has 2 nitrogen and oxygen atoms in total. The summed E-state index contributed by atoms with van der Waals surface area (Å²) in [6.07, 6.45) is 5.64. The molecule has 0 saturated carbocycles. The van der Waals surface area contributed by atoms with Crippen LogP contribution < -0.4 is 5.32 Å². The molecule has 1 aromatic carbocycles. The fraction of sp³-hybridized carbons (Fsp3) is 0.375. The Morgan fingerprint density at radius 3 is 2.39 bits per heavy atom. The number of aryl methyl sites for hydroxylation is 1. The Kier molecular flexibility index (Phi) is 4.59. The predicted molar refractivity (Wildman–Crippen MR) is 74.8 cm³/mol. The molecule has 0 amide bonds. The van der Waals surface area contributed by atoms with E-state index in [1.165, 1.54) is 16.7 Å². The number of furan rings is 1. The number of nitrogens with one attached hydrogen (secondary N) is 1. The number of likely N-dealkylation sites (N-methyl/N-ethyl adjacent to an activating group) is 1. The molecule has 1 unspecified atom stereocenters. The maximum absolute atomic E-state index is 5.13. The van der Waals surface area contributed by atoms with E-state index in [2.05, 4.69) is 43.4 Å². The van der Waals surface area contributed by atoms with Gasteiger partial charge in [-0.15, -0.1) is 0 Å². The lowest BCUT2D eigenvalue weighted by Gasteiger charge is -2.17. The fourth-order valence-electron chi connectivity index (χ4n) is 2.21. The monoisotopic (exact) mass is 243 g/mol. The molecule has 1 heterocycles. The van der Waals surface area contributed by atoms with Gasteiger partial charge in [0.25, 0.3) is 0 Å². The van der Waals surface area contributed by atoms with Crippen molar-refractivity contribution in [2.75, 3.05) is 6.54 Å². The molecule has 0 fully saturated rings. The van der Waals surface area contributed by atoms with E-state index in [4.69, 9.17) is 4.42 Å². The van der Waals surface area contributed by atoms with Crippen LogP contribution in [-0.2, 0) is 12.8 Å². The average molecular weight is 243 g/mol. The van der Waals surface area contributed by atoms with Gasteiger partial charge in [0.15, 0.2) is 0 Å². The molecule has 0 bridgehead atoms. The zero-order chi connectivity index (χ0) is 12.8. The maximum Gasteiger partial charge on any atom is 0.0935 e. The average Bonchev–Trinajstić information content (AvgIpc) is 2.85. The number of rotatable bonds is 6. The van der Waals surface area contributed by atoms with Gasteiger partial charge in [-0.25, -0.2) is 0 Å². The first kappa shape index (κ1) is 12.9. The summed E-state index contributed by atoms with van der Waals surface area (Å²) in [5.41, 5.74) is 3.96. The summed E-state index contributed by atoms with van der Waals surface area (Å²) < 4.78 is 5.13. The zero-order valence-electron chi connectivity index (χ0n) is 11.1. The van der Waals surface area contributed by atoms with E-state index in [0.29, 0.717) is 6.04 Å². The molecule has 2 rings (SSSR count). The van der Waals surface area contributed by atoms with Crippen molar-refractivity contribution in [3.8, 4) is 0 Å². The Balaban J connectivity index is 1.99. The molecule has 0 aliphatic carbocycles. The van der Waals surface area contributed by atoms with E-state index in [9.17, 15) is 0 Å². The van der Waals surface area contributed by atoms with Crippen molar-refractivity contribution in [2.24, 2.45) is 0 Å². The van der Waals surface area contributed by atoms with Crippen LogP contribution in [0.5, 0.6) is 0 Å². The third-order valence-corrected chi connectivity index (χ3v) is 3.16. The van der Waals surface area contributed by atoms with Crippen molar-refractivity contribution in [2.45, 2.75) is 32.7 Å². The Morgan fingerprint density at radius 2 is 1.78 bits per heavy atom. The highest BCUT2D eigenvalue weighted by Gasteiger charge is 2.10. The van der Waals surface area contributed by atoms with Gasteiger partial charge < -0.3 is 9.73 Å². The van der Waals surface area contributed by atoms with Crippen LogP contribution >= 0.6 is 0 Å². The normalized spacial score (nSPS) is 12.6. The minimum absolute atomic E-state index is 0.468. The third-order valence-electron chi connectivity index (χ3n) is 3.16. The Morgan fingerprint density at radius 1 is 1.06 bits per heavy atom. The van der Waals surface area contributed by atoms with E-state index < -0.39 is 0 Å². The van der Waals surface area contributed by atoms with Gasteiger partial charge in [0.2, 0.25) is 0 Å². The van der Waals surface area contributed by atoms with Crippen LogP contribution in [0, 0.1) is 6.92 Å². The second kappa shape index (κ2) is 6.41. The molecule has 0 radical (unpaired) electrons. The molecule has 1 N–H and O–H groups in total. The van der Waals surface area contributed by atoms with Crippen LogP contribution in [-0.4, -0.2) is 12.6 Å². The standard InChI is InChI=1S/C16H21NO/c1-3-17-16(11-15-8-9-18-12-15)10-14-6-4-13(2)5-7-14/h4-9,12,16-17H,3,10-11H2,1-2H3. The SMILES string of the molecule is CCNC(Cc1ccc(C)cc1)Cc1ccoc1. The summed E-state index contributed by atoms with van der Waals surface area (Å²) >= 11 is 0. The summed E-state index contributed by atoms with van der Waals surface area (Å²) in [5.74, 6) is 0. The molecule has 1 aromatic heterocycles. The van der Waals surface area contributed by atoms with E-state index >= 15 is 0 Å². The molecule has 2 aromatic rings. The molecule has 18 heavy (non-hydrogen) atoms. The van der Waals surface area contributed by atoms with Crippen molar-refractivity contribution in [1.82, 2.24) is 5.32 Å². The molecule has 0 spiro atoms. The Labute approximate surface area is 109 Å². The lowest BCUT2D eigenvalue weighted by Crippen LogP contribution is -2.32. The summed E-state index contributed by atoms with van der Waals surface area (Å²) in [5, 5.41) is 3.54. The summed E-state index contributed by atoms with van der Waals surface area (Å²) in [6.45, 7) is 5.27. The minimum Gasteiger partial charge on any atom is -0.472 e. The lowest BCUT2D eigenvalue weighted by atomic mass is 10.00. The molecule has 0 aliphatic heterocycles. The molecular weight excluding hydrogens is 222 g/mol. The molecule has 0 aliphatic rings. The van der Waals surface area contributed by atoms with Gasteiger partial charge in [-0.3, -0.25) is 0 Å². The fourth-order valence-corrected chi connectivity index (χ4v) is 2.21. The van der Waals surface area contributed by atoms with Gasteiger partial charge >= 0.3 is 0 Å². The Hall–Kier alpha value is -1.54. The topological polar surface area (TPSA) is 25.2 Å². The first-order valence-corrected chi connectivity index (χ1v) is 6.58. The summed E-state index contributed by atoms with van der Waals surface area (Å²) in [4.78, 5) is 0. The highest BCUT2D eigenvalue weighted by atomic mass is 16.3. The number of hydrogen-bond donors (Lipinski definition) is 1. The van der Waals surface area contributed by atoms with E-state index in [-0.39, 0.29) is 0 Å². The van der Waals surface area contributed by atoms with Crippen LogP contribution in [0.25, 0.3) is 0 Å². The molecule has 96 valence electrons. The van der Waals surface area contributed by atoms with Gasteiger partial charge in [-0.05, 0) is 43.5 Å². The quantitative estimate of drug-likeness (QED) is 0.841. The zero-order valence-corrected chi connectivity index (χ0v) is 11.1. The molecule has 1 atom stereocenters. The highest BCUT2D eigenvalue weighted by Crippen LogP contribution is 2.11. The maximum atomic E-state index is 5.13. The number of benzene rings is 1. The molecule has 2 heteroatoms. The second-order valence-corrected chi connectivity index (χ2v) is 4.78. The first-order chi connectivity index (χ1) is 8.78. The second-order valence-electron chi connectivity index (χ2n) is 4.78. The van der Waals surface area contributed by atoms with Crippen LogP contribution in [0.4, 0.5) is 0 Å². The summed E-state index contributed by atoms with van der Waals surface area (Å²) in [7, 11) is 0. The minimum atomic E-state index is 0.468. The van der Waals surface area contributed by atoms with Gasteiger partial charge in [0.05, 0.1) is 12.5 Å². The Bertz CT molecular complexity index is 444. The van der Waals surface area contributed by atoms with Gasteiger partial charge in [0, 0.05) is 6.04 Å². The first-order valence-electron chi connectivity index (χ1n) is 6.58. The van der Waals surface area contributed by atoms with Crippen LogP contribution in [0.3, 0.4) is 0 Å². The van der Waals surface area contributed by atoms with Crippen LogP contribution in [0.2, 0.25) is 0 Å². The van der Waals surface area contributed by atoms with Gasteiger partial charge in [-0.1, -0.05) is 36.8 Å². The summed E-state index contributed by atoms with van der Waals surface area (Å²) in [6, 6.07) is 11.3. The van der Waals surface area contributed by atoms with E-state index in [1.807, 2.05) is 12.3 Å². The van der Waals surface area contributed by atoms with E-state index in [0.717, 1.165) is 19.4 Å². The van der Waals surface area contributed by atoms with E-state index in [1.54, 1.807) is 6.26 Å². The third kappa shape index (κ3) is 3.74. The van der Waals surface area contributed by atoms with Crippen molar-refractivity contribution >= 4 is 0 Å². The highest BCUT2D eigenvalue weighted by molar-refractivity contribution is 5.22. The van der Waals surface area contributed by atoms with Crippen LogP contribution in [0.15, 0.2) is 47.3 Å². The van der Waals surface area contributed by atoms with Crippen molar-refractivity contribution < 1.29 is 4.42 Å². The van der Waals surface area contributed by atoms with Crippen molar-refractivity contribution in [3.05, 3.63) is 59.5 Å². The number of hydrogen-bond acceptors (Lipinski definition) is 2. The van der Waals surface area contributed by atoms with Crippen molar-refractivity contribution in [1.29, 1.82) is 0 Å². The van der Waals surface area contributed by atoms with Crippen molar-refractivity contribution in [3.63, 3.8) is 0 Å².